The largest absolute Gasteiger partial charge is 0.487 e. The third kappa shape index (κ3) is 6.56. The number of nitrogens with one attached hydrogen (secondary N) is 1. The number of furan rings is 1. The number of benzene rings is 2. The van der Waals surface area contributed by atoms with Crippen molar-refractivity contribution in [1.82, 2.24) is 15.1 Å². The molecule has 1 aromatic heterocycles. The molecule has 12 heteroatoms. The molecule has 0 saturated carbocycles. The number of Topliss-reactive ketones (excluding diaryl/α,β-unsaturated/α-hetero) is 1. The molecule has 2 aromatic carbocycles. The first-order valence-corrected chi connectivity index (χ1v) is 14.2. The molecule has 11 nitrogen and oxygen atoms in total. The molecule has 5 rings (SSSR count). The number of carbonyl (C=O) groups excluding carboxylic acids is 4. The molecule has 0 aliphatic carbocycles. The molecule has 1 saturated heterocycles. The minimum atomic E-state index is -0.748. The van der Waals surface area contributed by atoms with Crippen molar-refractivity contribution >= 4 is 41.1 Å². The van der Waals surface area contributed by atoms with E-state index in [-0.39, 0.29) is 29.6 Å². The third-order valence-corrected chi connectivity index (χ3v) is 7.18. The maximum atomic E-state index is 14.4. The number of rotatable bonds is 7. The maximum absolute atomic E-state index is 14.4. The molecule has 3 N–H and O–H groups in total. The number of piperazine rings is 1. The molecule has 3 aromatic rings. The Hall–Kier alpha value is -4.64. The summed E-state index contributed by atoms with van der Waals surface area (Å²) in [5.41, 5.74) is 5.97. The van der Waals surface area contributed by atoms with Crippen molar-refractivity contribution in [2.75, 3.05) is 19.6 Å². The minimum absolute atomic E-state index is 0.118. The molecule has 2 atom stereocenters. The quantitative estimate of drug-likeness (QED) is 0.304. The summed E-state index contributed by atoms with van der Waals surface area (Å²) >= 11 is 6.22. The van der Waals surface area contributed by atoms with Crippen LogP contribution in [-0.2, 0) is 9.59 Å². The highest BCUT2D eigenvalue weighted by atomic mass is 35.5. The first-order valence-electron chi connectivity index (χ1n) is 13.8. The fourth-order valence-corrected chi connectivity index (χ4v) is 5.25. The van der Waals surface area contributed by atoms with Gasteiger partial charge in [0.25, 0.3) is 0 Å². The lowest BCUT2D eigenvalue weighted by molar-refractivity contribution is -0.123. The lowest BCUT2D eigenvalue weighted by atomic mass is 9.97. The van der Waals surface area contributed by atoms with Crippen molar-refractivity contribution in [3.63, 3.8) is 0 Å². The van der Waals surface area contributed by atoms with E-state index in [1.165, 1.54) is 17.2 Å². The second kappa shape index (κ2) is 11.9. The average molecular weight is 606 g/mol. The van der Waals surface area contributed by atoms with E-state index in [4.69, 9.17) is 31.5 Å². The zero-order valence-corrected chi connectivity index (χ0v) is 24.8. The number of nitrogens with zero attached hydrogens (tertiary/aromatic N) is 3. The van der Waals surface area contributed by atoms with Gasteiger partial charge in [0.05, 0.1) is 24.3 Å². The number of amides is 4. The summed E-state index contributed by atoms with van der Waals surface area (Å²) in [6, 6.07) is 13.6. The second-order valence-electron chi connectivity index (χ2n) is 11.3. The van der Waals surface area contributed by atoms with Gasteiger partial charge in [-0.2, -0.15) is 0 Å². The minimum Gasteiger partial charge on any atom is -0.487 e. The van der Waals surface area contributed by atoms with Gasteiger partial charge >= 0.3 is 6.03 Å². The van der Waals surface area contributed by atoms with E-state index in [0.29, 0.717) is 29.4 Å². The number of urea groups is 1. The molecule has 0 unspecified atom stereocenters. The van der Waals surface area contributed by atoms with Crippen molar-refractivity contribution in [3.05, 3.63) is 88.3 Å². The van der Waals surface area contributed by atoms with Crippen molar-refractivity contribution in [2.24, 2.45) is 10.7 Å². The number of ether oxygens (including phenoxy) is 1. The fourth-order valence-electron chi connectivity index (χ4n) is 5.13. The van der Waals surface area contributed by atoms with E-state index in [1.54, 1.807) is 41.3 Å². The number of ketones is 1. The second-order valence-corrected chi connectivity index (χ2v) is 11.8. The number of halogens is 1. The molecule has 0 spiro atoms. The molecule has 4 amide bonds. The van der Waals surface area contributed by atoms with Crippen molar-refractivity contribution in [2.45, 2.75) is 44.9 Å². The number of hydrogen-bond donors (Lipinski definition) is 2. The van der Waals surface area contributed by atoms with Crippen LogP contribution >= 0.6 is 11.6 Å². The summed E-state index contributed by atoms with van der Waals surface area (Å²) in [5, 5.41) is 3.28. The van der Waals surface area contributed by atoms with Gasteiger partial charge in [-0.1, -0.05) is 29.8 Å². The lowest BCUT2D eigenvalue weighted by Gasteiger charge is -2.35. The number of nitrogens with two attached hydrogens (primary N) is 1. The highest BCUT2D eigenvalue weighted by Crippen LogP contribution is 2.45. The van der Waals surface area contributed by atoms with Gasteiger partial charge in [0.15, 0.2) is 5.78 Å². The van der Waals surface area contributed by atoms with Crippen LogP contribution in [0.4, 0.5) is 4.79 Å². The standard InChI is InChI=1S/C31H32ClN5O6/c1-31(2,3)43-24-15-19(22(38)16-25(33)39)8-11-21(24)29-35-27(23-5-4-14-42-23)28(18-6-9-20(32)10-7-18)37(29)30(41)36-13-12-34-26(40)17-36/h4-11,14-15,27-28H,12-13,16-17H2,1-3H3,(H2,33,39)(H,34,40)/t27-,28+/m0/s1. The summed E-state index contributed by atoms with van der Waals surface area (Å²) in [6.45, 7) is 6.05. The van der Waals surface area contributed by atoms with Crippen LogP contribution in [0, 0.1) is 0 Å². The molecular formula is C31H32ClN5O6. The summed E-state index contributed by atoms with van der Waals surface area (Å²) in [4.78, 5) is 59.0. The Kier molecular flexibility index (Phi) is 8.27. The first kappa shape index (κ1) is 29.8. The van der Waals surface area contributed by atoms with Crippen LogP contribution in [0.5, 0.6) is 5.75 Å². The molecule has 3 heterocycles. The maximum Gasteiger partial charge on any atom is 0.326 e. The van der Waals surface area contributed by atoms with Gasteiger partial charge in [-0.05, 0) is 62.7 Å². The van der Waals surface area contributed by atoms with Crippen LogP contribution < -0.4 is 15.8 Å². The van der Waals surface area contributed by atoms with Gasteiger partial charge in [-0.15, -0.1) is 0 Å². The van der Waals surface area contributed by atoms with Crippen LogP contribution in [0.2, 0.25) is 5.02 Å². The SMILES string of the molecule is CC(C)(C)Oc1cc(C(=O)CC(N)=O)ccc1C1=N[C@@H](c2ccco2)[C@@H](c2ccc(Cl)cc2)N1C(=O)N1CCNC(=O)C1. The molecule has 0 radical (unpaired) electrons. The monoisotopic (exact) mass is 605 g/mol. The zero-order chi connectivity index (χ0) is 30.9. The van der Waals surface area contributed by atoms with Gasteiger partial charge in [0, 0.05) is 23.7 Å². The predicted octanol–water partition coefficient (Wildman–Crippen LogP) is 4.27. The highest BCUT2D eigenvalue weighted by Gasteiger charge is 2.46. The molecule has 2 aliphatic heterocycles. The van der Waals surface area contributed by atoms with Gasteiger partial charge < -0.3 is 25.1 Å². The van der Waals surface area contributed by atoms with E-state index in [9.17, 15) is 19.2 Å². The Balaban J connectivity index is 1.69. The van der Waals surface area contributed by atoms with Crippen molar-refractivity contribution < 1.29 is 28.3 Å². The van der Waals surface area contributed by atoms with Crippen LogP contribution in [0.1, 0.15) is 66.5 Å². The molecule has 43 heavy (non-hydrogen) atoms. The Morgan fingerprint density at radius 1 is 1.14 bits per heavy atom. The Morgan fingerprint density at radius 3 is 2.51 bits per heavy atom. The highest BCUT2D eigenvalue weighted by molar-refractivity contribution is 6.30. The zero-order valence-electron chi connectivity index (χ0n) is 24.0. The molecule has 224 valence electrons. The van der Waals surface area contributed by atoms with Gasteiger partial charge in [0.1, 0.15) is 35.5 Å². The third-order valence-electron chi connectivity index (χ3n) is 6.92. The summed E-state index contributed by atoms with van der Waals surface area (Å²) in [7, 11) is 0. The molecule has 1 fully saturated rings. The van der Waals surface area contributed by atoms with Crippen LogP contribution in [-0.4, -0.2) is 64.5 Å². The van der Waals surface area contributed by atoms with E-state index in [1.807, 2.05) is 32.9 Å². The predicted molar refractivity (Wildman–Crippen MR) is 159 cm³/mol. The van der Waals surface area contributed by atoms with Crippen molar-refractivity contribution in [1.29, 1.82) is 0 Å². The van der Waals surface area contributed by atoms with Crippen LogP contribution in [0.3, 0.4) is 0 Å². The van der Waals surface area contributed by atoms with E-state index in [0.717, 1.165) is 5.56 Å². The first-order chi connectivity index (χ1) is 20.4. The smallest absolute Gasteiger partial charge is 0.326 e. The lowest BCUT2D eigenvalue weighted by Crippen LogP contribution is -2.55. The number of carbonyl (C=O) groups is 4. The number of hydrogen-bond acceptors (Lipinski definition) is 7. The van der Waals surface area contributed by atoms with E-state index in [2.05, 4.69) is 5.32 Å². The summed E-state index contributed by atoms with van der Waals surface area (Å²) in [5.74, 6) is -0.406. The van der Waals surface area contributed by atoms with E-state index >= 15 is 0 Å². The normalized spacial score (nSPS) is 18.7. The topological polar surface area (TPSA) is 148 Å². The molecular weight excluding hydrogens is 574 g/mol. The Labute approximate surface area is 253 Å². The average Bonchev–Trinajstić information content (AvgIpc) is 3.60. The van der Waals surface area contributed by atoms with Gasteiger partial charge in [0.2, 0.25) is 11.8 Å². The Bertz CT molecular complexity index is 1580. The number of amidine groups is 1. The van der Waals surface area contributed by atoms with Gasteiger partial charge in [-0.25, -0.2) is 4.79 Å². The summed E-state index contributed by atoms with van der Waals surface area (Å²) < 4.78 is 12.1. The van der Waals surface area contributed by atoms with Gasteiger partial charge in [-0.3, -0.25) is 24.3 Å². The number of aliphatic imine (C=N–C) groups is 1. The van der Waals surface area contributed by atoms with Crippen LogP contribution in [0.15, 0.2) is 70.3 Å². The number of primary amides is 1. The molecule has 2 aliphatic rings. The molecule has 0 bridgehead atoms. The summed E-state index contributed by atoms with van der Waals surface area (Å²) in [6.07, 6.45) is 1.08. The fraction of sp³-hybridized carbons (Fsp3) is 0.323. The van der Waals surface area contributed by atoms with Crippen LogP contribution in [0.25, 0.3) is 0 Å². The van der Waals surface area contributed by atoms with Crippen molar-refractivity contribution in [3.8, 4) is 5.75 Å². The van der Waals surface area contributed by atoms with E-state index < -0.39 is 41.8 Å². The Morgan fingerprint density at radius 2 is 1.88 bits per heavy atom.